The van der Waals surface area contributed by atoms with Gasteiger partial charge in [0.05, 0.1) is 0 Å². The van der Waals surface area contributed by atoms with Crippen LogP contribution >= 0.6 is 0 Å². The van der Waals surface area contributed by atoms with E-state index in [1.54, 1.807) is 0 Å². The lowest BCUT2D eigenvalue weighted by atomic mass is 9.79. The molecule has 0 bridgehead atoms. The molecule has 3 nitrogen and oxygen atoms in total. The lowest BCUT2D eigenvalue weighted by Gasteiger charge is -2.31. The zero-order valence-electron chi connectivity index (χ0n) is 7.68. The molecule has 2 aliphatic rings. The van der Waals surface area contributed by atoms with E-state index in [1.807, 2.05) is 0 Å². The number of nitrogens with one attached hydrogen (secondary N) is 1. The summed E-state index contributed by atoms with van der Waals surface area (Å²) in [5, 5.41) is 12.2. The number of carbonyl (C=O) groups is 1. The minimum absolute atomic E-state index is 0.557. The molecule has 13 heavy (non-hydrogen) atoms. The SMILES string of the molecule is O=C(O)C1=C2CNCCC2CCC1. The highest BCUT2D eigenvalue weighted by atomic mass is 16.4. The second kappa shape index (κ2) is 3.50. The van der Waals surface area contributed by atoms with Gasteiger partial charge in [-0.1, -0.05) is 0 Å². The summed E-state index contributed by atoms with van der Waals surface area (Å²) in [6.07, 6.45) is 4.12. The average molecular weight is 181 g/mol. The first-order valence-electron chi connectivity index (χ1n) is 4.95. The molecule has 1 fully saturated rings. The smallest absolute Gasteiger partial charge is 0.331 e. The molecule has 1 aliphatic heterocycles. The molecule has 2 rings (SSSR count). The van der Waals surface area contributed by atoms with Crippen LogP contribution in [0.4, 0.5) is 0 Å². The van der Waals surface area contributed by atoms with Crippen LogP contribution in [-0.4, -0.2) is 24.2 Å². The van der Waals surface area contributed by atoms with E-state index in [0.29, 0.717) is 11.5 Å². The van der Waals surface area contributed by atoms with Gasteiger partial charge >= 0.3 is 5.97 Å². The van der Waals surface area contributed by atoms with Gasteiger partial charge in [-0.25, -0.2) is 4.79 Å². The third-order valence-electron chi connectivity index (χ3n) is 3.10. The van der Waals surface area contributed by atoms with E-state index in [1.165, 1.54) is 12.0 Å². The molecule has 1 saturated heterocycles. The van der Waals surface area contributed by atoms with Gasteiger partial charge in [0.2, 0.25) is 0 Å². The van der Waals surface area contributed by atoms with Gasteiger partial charge in [0.1, 0.15) is 0 Å². The molecular weight excluding hydrogens is 166 g/mol. The van der Waals surface area contributed by atoms with Gasteiger partial charge in [-0.05, 0) is 43.7 Å². The number of rotatable bonds is 1. The third-order valence-corrected chi connectivity index (χ3v) is 3.10. The van der Waals surface area contributed by atoms with E-state index in [0.717, 1.165) is 32.4 Å². The normalized spacial score (nSPS) is 28.5. The zero-order valence-corrected chi connectivity index (χ0v) is 7.68. The summed E-state index contributed by atoms with van der Waals surface area (Å²) in [4.78, 5) is 10.9. The Kier molecular flexibility index (Phi) is 2.36. The standard InChI is InChI=1S/C10H15NO2/c12-10(13)8-3-1-2-7-4-5-11-6-9(7)8/h7,11H,1-6H2,(H,12,13). The van der Waals surface area contributed by atoms with Gasteiger partial charge in [0.15, 0.2) is 0 Å². The highest BCUT2D eigenvalue weighted by molar-refractivity contribution is 5.88. The Morgan fingerprint density at radius 1 is 1.46 bits per heavy atom. The molecule has 0 spiro atoms. The van der Waals surface area contributed by atoms with Crippen LogP contribution in [0.3, 0.4) is 0 Å². The highest BCUT2D eigenvalue weighted by Gasteiger charge is 2.27. The fourth-order valence-corrected chi connectivity index (χ4v) is 2.42. The molecule has 0 radical (unpaired) electrons. The van der Waals surface area contributed by atoms with Crippen molar-refractivity contribution in [1.82, 2.24) is 5.32 Å². The Balaban J connectivity index is 2.28. The first kappa shape index (κ1) is 8.75. The topological polar surface area (TPSA) is 49.3 Å². The molecule has 1 aliphatic carbocycles. The van der Waals surface area contributed by atoms with Crippen LogP contribution in [0.15, 0.2) is 11.1 Å². The Morgan fingerprint density at radius 2 is 2.31 bits per heavy atom. The van der Waals surface area contributed by atoms with Crippen LogP contribution in [0.1, 0.15) is 25.7 Å². The van der Waals surface area contributed by atoms with Gasteiger partial charge in [0, 0.05) is 12.1 Å². The summed E-state index contributed by atoms with van der Waals surface area (Å²) in [6, 6.07) is 0. The predicted molar refractivity (Wildman–Crippen MR) is 49.5 cm³/mol. The summed E-state index contributed by atoms with van der Waals surface area (Å²) in [7, 11) is 0. The Hall–Kier alpha value is -0.830. The summed E-state index contributed by atoms with van der Waals surface area (Å²) in [6.45, 7) is 1.84. The van der Waals surface area contributed by atoms with Gasteiger partial charge in [0.25, 0.3) is 0 Å². The van der Waals surface area contributed by atoms with Crippen molar-refractivity contribution >= 4 is 5.97 Å². The van der Waals surface area contributed by atoms with Crippen molar-refractivity contribution in [3.05, 3.63) is 11.1 Å². The summed E-state index contributed by atoms with van der Waals surface area (Å²) in [5.74, 6) is -0.149. The van der Waals surface area contributed by atoms with Crippen molar-refractivity contribution in [2.45, 2.75) is 25.7 Å². The van der Waals surface area contributed by atoms with E-state index in [2.05, 4.69) is 5.32 Å². The summed E-state index contributed by atoms with van der Waals surface area (Å²) < 4.78 is 0. The number of hydrogen-bond acceptors (Lipinski definition) is 2. The van der Waals surface area contributed by atoms with E-state index in [-0.39, 0.29) is 0 Å². The first-order chi connectivity index (χ1) is 6.29. The van der Waals surface area contributed by atoms with Crippen LogP contribution in [0.25, 0.3) is 0 Å². The quantitative estimate of drug-likeness (QED) is 0.638. The molecule has 0 aromatic rings. The van der Waals surface area contributed by atoms with Crippen molar-refractivity contribution in [2.24, 2.45) is 5.92 Å². The average Bonchev–Trinajstić information content (AvgIpc) is 2.17. The maximum atomic E-state index is 10.9. The van der Waals surface area contributed by atoms with Crippen LogP contribution in [-0.2, 0) is 4.79 Å². The molecule has 3 heteroatoms. The summed E-state index contributed by atoms with van der Waals surface area (Å²) >= 11 is 0. The second-order valence-electron chi connectivity index (χ2n) is 3.86. The van der Waals surface area contributed by atoms with E-state index in [4.69, 9.17) is 5.11 Å². The lowest BCUT2D eigenvalue weighted by molar-refractivity contribution is -0.133. The van der Waals surface area contributed by atoms with Crippen LogP contribution < -0.4 is 5.32 Å². The molecule has 0 aromatic heterocycles. The fourth-order valence-electron chi connectivity index (χ4n) is 2.42. The minimum atomic E-state index is -0.705. The zero-order chi connectivity index (χ0) is 9.26. The molecule has 0 amide bonds. The monoisotopic (exact) mass is 181 g/mol. The number of hydrogen-bond donors (Lipinski definition) is 2. The van der Waals surface area contributed by atoms with Crippen molar-refractivity contribution in [3.8, 4) is 0 Å². The molecule has 2 N–H and O–H groups in total. The molecule has 0 aromatic carbocycles. The molecular formula is C10H15NO2. The number of carboxylic acids is 1. The number of carboxylic acid groups (broad SMARTS) is 1. The molecule has 1 unspecified atom stereocenters. The lowest BCUT2D eigenvalue weighted by Crippen LogP contribution is -2.34. The van der Waals surface area contributed by atoms with E-state index < -0.39 is 5.97 Å². The Bertz CT molecular complexity index is 258. The Morgan fingerprint density at radius 3 is 3.08 bits per heavy atom. The molecule has 1 heterocycles. The van der Waals surface area contributed by atoms with Crippen molar-refractivity contribution in [3.63, 3.8) is 0 Å². The van der Waals surface area contributed by atoms with Gasteiger partial charge < -0.3 is 10.4 Å². The maximum Gasteiger partial charge on any atom is 0.331 e. The van der Waals surface area contributed by atoms with Gasteiger partial charge in [-0.3, -0.25) is 0 Å². The maximum absolute atomic E-state index is 10.9. The second-order valence-corrected chi connectivity index (χ2v) is 3.86. The largest absolute Gasteiger partial charge is 0.478 e. The highest BCUT2D eigenvalue weighted by Crippen LogP contribution is 2.33. The molecule has 0 saturated carbocycles. The van der Waals surface area contributed by atoms with Crippen LogP contribution in [0.2, 0.25) is 0 Å². The molecule has 1 atom stereocenters. The van der Waals surface area contributed by atoms with Crippen LogP contribution in [0.5, 0.6) is 0 Å². The third kappa shape index (κ3) is 1.61. The minimum Gasteiger partial charge on any atom is -0.478 e. The number of aliphatic carboxylic acids is 1. The number of fused-ring (bicyclic) bond motifs is 1. The summed E-state index contributed by atoms with van der Waals surface area (Å²) in [5.41, 5.74) is 1.86. The van der Waals surface area contributed by atoms with E-state index >= 15 is 0 Å². The van der Waals surface area contributed by atoms with Crippen LogP contribution in [0, 0.1) is 5.92 Å². The molecule has 72 valence electrons. The van der Waals surface area contributed by atoms with Gasteiger partial charge in [-0.15, -0.1) is 0 Å². The predicted octanol–water partition coefficient (Wildman–Crippen LogP) is 1.16. The van der Waals surface area contributed by atoms with Crippen molar-refractivity contribution in [2.75, 3.05) is 13.1 Å². The van der Waals surface area contributed by atoms with Gasteiger partial charge in [-0.2, -0.15) is 0 Å². The first-order valence-corrected chi connectivity index (χ1v) is 4.95. The van der Waals surface area contributed by atoms with Crippen molar-refractivity contribution in [1.29, 1.82) is 0 Å². The fraction of sp³-hybridized carbons (Fsp3) is 0.700. The van der Waals surface area contributed by atoms with E-state index in [9.17, 15) is 4.79 Å². The van der Waals surface area contributed by atoms with Crippen molar-refractivity contribution < 1.29 is 9.90 Å². The number of piperidine rings is 1. The Labute approximate surface area is 77.8 Å².